The average molecular weight is 203 g/mol. The number of fused-ring (bicyclic) bond motifs is 1. The number of hydrogen-bond donors (Lipinski definition) is 1. The summed E-state index contributed by atoms with van der Waals surface area (Å²) in [5.41, 5.74) is 4.51. The zero-order valence-corrected chi connectivity index (χ0v) is 9.68. The van der Waals surface area contributed by atoms with Crippen molar-refractivity contribution in [3.8, 4) is 0 Å². The third-order valence-corrected chi connectivity index (χ3v) is 3.25. The smallest absolute Gasteiger partial charge is 0.0223 e. The molecule has 1 aliphatic rings. The quantitative estimate of drug-likeness (QED) is 0.702. The van der Waals surface area contributed by atoms with E-state index in [0.717, 1.165) is 0 Å². The highest BCUT2D eigenvalue weighted by Crippen LogP contribution is 2.30. The van der Waals surface area contributed by atoms with E-state index < -0.39 is 0 Å². The van der Waals surface area contributed by atoms with Gasteiger partial charge in [-0.15, -0.1) is 0 Å². The van der Waals surface area contributed by atoms with Gasteiger partial charge in [-0.05, 0) is 49.3 Å². The van der Waals surface area contributed by atoms with Crippen LogP contribution in [0.2, 0.25) is 0 Å². The molecule has 0 radical (unpaired) electrons. The molecule has 82 valence electrons. The molecule has 1 heterocycles. The number of aromatic amines is 1. The number of aromatic nitrogens is 1. The van der Waals surface area contributed by atoms with Gasteiger partial charge in [0.25, 0.3) is 0 Å². The SMILES string of the molecule is CCCCC/C=C1/CCCc2[nH]ccc21. The van der Waals surface area contributed by atoms with Crippen LogP contribution in [0.5, 0.6) is 0 Å². The van der Waals surface area contributed by atoms with Crippen LogP contribution in [-0.4, -0.2) is 4.98 Å². The summed E-state index contributed by atoms with van der Waals surface area (Å²) in [5.74, 6) is 0. The van der Waals surface area contributed by atoms with E-state index >= 15 is 0 Å². The maximum absolute atomic E-state index is 3.35. The number of rotatable bonds is 4. The molecule has 1 aliphatic carbocycles. The van der Waals surface area contributed by atoms with Gasteiger partial charge in [-0.25, -0.2) is 0 Å². The van der Waals surface area contributed by atoms with E-state index in [1.165, 1.54) is 56.2 Å². The summed E-state index contributed by atoms with van der Waals surface area (Å²) in [5, 5.41) is 0. The summed E-state index contributed by atoms with van der Waals surface area (Å²) in [6.07, 6.45) is 13.6. The second-order valence-corrected chi connectivity index (χ2v) is 4.45. The van der Waals surface area contributed by atoms with E-state index in [1.54, 1.807) is 5.57 Å². The topological polar surface area (TPSA) is 15.8 Å². The first-order chi connectivity index (χ1) is 7.42. The van der Waals surface area contributed by atoms with E-state index in [0.29, 0.717) is 0 Å². The number of H-pyrrole nitrogens is 1. The fourth-order valence-corrected chi connectivity index (χ4v) is 2.38. The summed E-state index contributed by atoms with van der Waals surface area (Å²) >= 11 is 0. The van der Waals surface area contributed by atoms with Crippen LogP contribution in [0.15, 0.2) is 18.3 Å². The first-order valence-corrected chi connectivity index (χ1v) is 6.27. The summed E-state index contributed by atoms with van der Waals surface area (Å²) in [4.78, 5) is 3.35. The predicted octanol–water partition coefficient (Wildman–Crippen LogP) is 4.31. The largest absolute Gasteiger partial charge is 0.364 e. The van der Waals surface area contributed by atoms with Crippen LogP contribution >= 0.6 is 0 Å². The van der Waals surface area contributed by atoms with Crippen LogP contribution in [0.4, 0.5) is 0 Å². The van der Waals surface area contributed by atoms with Gasteiger partial charge in [-0.1, -0.05) is 25.8 Å². The Hall–Kier alpha value is -0.980. The molecule has 1 heteroatoms. The molecule has 0 fully saturated rings. The number of allylic oxidation sites excluding steroid dienone is 2. The first-order valence-electron chi connectivity index (χ1n) is 6.27. The van der Waals surface area contributed by atoms with Crippen molar-refractivity contribution in [2.75, 3.05) is 0 Å². The molecule has 0 atom stereocenters. The Morgan fingerprint density at radius 2 is 2.27 bits per heavy atom. The fourth-order valence-electron chi connectivity index (χ4n) is 2.38. The molecule has 1 N–H and O–H groups in total. The highest BCUT2D eigenvalue weighted by atomic mass is 14.7. The molecule has 1 aromatic rings. The number of unbranched alkanes of at least 4 members (excludes halogenated alkanes) is 3. The Morgan fingerprint density at radius 3 is 3.13 bits per heavy atom. The number of aryl methyl sites for hydroxylation is 1. The standard InChI is InChI=1S/C14H21N/c1-2-3-4-5-7-12-8-6-9-14-13(12)10-11-15-14/h7,10-11,15H,2-6,8-9H2,1H3/b12-7-. The maximum atomic E-state index is 3.35. The molecule has 0 unspecified atom stereocenters. The minimum Gasteiger partial charge on any atom is -0.364 e. The van der Waals surface area contributed by atoms with Gasteiger partial charge in [0.1, 0.15) is 0 Å². The Bertz CT molecular complexity index is 333. The Balaban J connectivity index is 1.99. The van der Waals surface area contributed by atoms with Crippen LogP contribution in [0.3, 0.4) is 0 Å². The zero-order chi connectivity index (χ0) is 10.5. The second-order valence-electron chi connectivity index (χ2n) is 4.45. The van der Waals surface area contributed by atoms with E-state index in [4.69, 9.17) is 0 Å². The van der Waals surface area contributed by atoms with Crippen molar-refractivity contribution in [2.24, 2.45) is 0 Å². The molecule has 0 aliphatic heterocycles. The molecule has 0 bridgehead atoms. The van der Waals surface area contributed by atoms with Crippen LogP contribution in [-0.2, 0) is 6.42 Å². The third kappa shape index (κ3) is 2.53. The molecule has 0 spiro atoms. The monoisotopic (exact) mass is 203 g/mol. The lowest BCUT2D eigenvalue weighted by atomic mass is 9.91. The average Bonchev–Trinajstić information content (AvgIpc) is 2.73. The fraction of sp³-hybridized carbons (Fsp3) is 0.571. The predicted molar refractivity (Wildman–Crippen MR) is 65.8 cm³/mol. The summed E-state index contributed by atoms with van der Waals surface area (Å²) in [6.45, 7) is 2.26. The van der Waals surface area contributed by atoms with Gasteiger partial charge < -0.3 is 4.98 Å². The van der Waals surface area contributed by atoms with Crippen LogP contribution < -0.4 is 0 Å². The molecule has 0 amide bonds. The van der Waals surface area contributed by atoms with E-state index in [9.17, 15) is 0 Å². The van der Waals surface area contributed by atoms with Crippen molar-refractivity contribution in [1.82, 2.24) is 4.98 Å². The second kappa shape index (κ2) is 5.20. The normalized spacial score (nSPS) is 18.1. The van der Waals surface area contributed by atoms with Gasteiger partial charge in [0.2, 0.25) is 0 Å². The molecular weight excluding hydrogens is 182 g/mol. The van der Waals surface area contributed by atoms with Crippen LogP contribution in [0.25, 0.3) is 5.57 Å². The van der Waals surface area contributed by atoms with Crippen molar-refractivity contribution >= 4 is 5.57 Å². The highest BCUT2D eigenvalue weighted by molar-refractivity contribution is 5.69. The van der Waals surface area contributed by atoms with Gasteiger partial charge in [0, 0.05) is 11.9 Å². The lowest BCUT2D eigenvalue weighted by molar-refractivity contribution is 0.726. The van der Waals surface area contributed by atoms with Gasteiger partial charge in [0.15, 0.2) is 0 Å². The molecule has 0 saturated heterocycles. The number of hydrogen-bond acceptors (Lipinski definition) is 0. The lowest BCUT2D eigenvalue weighted by Gasteiger charge is -2.15. The molecule has 0 saturated carbocycles. The molecule has 2 rings (SSSR count). The van der Waals surface area contributed by atoms with Gasteiger partial charge in [-0.3, -0.25) is 0 Å². The highest BCUT2D eigenvalue weighted by Gasteiger charge is 2.13. The van der Waals surface area contributed by atoms with Crippen LogP contribution in [0, 0.1) is 0 Å². The Morgan fingerprint density at radius 1 is 1.33 bits per heavy atom. The zero-order valence-electron chi connectivity index (χ0n) is 9.68. The van der Waals surface area contributed by atoms with E-state index in [1.807, 2.05) is 0 Å². The molecular formula is C14H21N. The first kappa shape index (κ1) is 10.5. The van der Waals surface area contributed by atoms with Gasteiger partial charge in [-0.2, -0.15) is 0 Å². The van der Waals surface area contributed by atoms with Crippen molar-refractivity contribution < 1.29 is 0 Å². The van der Waals surface area contributed by atoms with Crippen molar-refractivity contribution in [2.45, 2.75) is 51.9 Å². The molecule has 1 aromatic heterocycles. The molecule has 0 aromatic carbocycles. The summed E-state index contributed by atoms with van der Waals surface area (Å²) in [6, 6.07) is 2.24. The third-order valence-electron chi connectivity index (χ3n) is 3.25. The Kier molecular flexibility index (Phi) is 3.65. The van der Waals surface area contributed by atoms with Gasteiger partial charge in [0.05, 0.1) is 0 Å². The lowest BCUT2D eigenvalue weighted by Crippen LogP contribution is -1.99. The van der Waals surface area contributed by atoms with E-state index in [-0.39, 0.29) is 0 Å². The van der Waals surface area contributed by atoms with Crippen molar-refractivity contribution in [3.05, 3.63) is 29.6 Å². The molecule has 1 nitrogen and oxygen atoms in total. The van der Waals surface area contributed by atoms with Gasteiger partial charge >= 0.3 is 0 Å². The number of nitrogens with one attached hydrogen (secondary N) is 1. The summed E-state index contributed by atoms with van der Waals surface area (Å²) in [7, 11) is 0. The van der Waals surface area contributed by atoms with Crippen molar-refractivity contribution in [3.63, 3.8) is 0 Å². The molecule has 15 heavy (non-hydrogen) atoms. The minimum absolute atomic E-state index is 1.23. The summed E-state index contributed by atoms with van der Waals surface area (Å²) < 4.78 is 0. The van der Waals surface area contributed by atoms with Crippen LogP contribution in [0.1, 0.15) is 56.7 Å². The maximum Gasteiger partial charge on any atom is 0.0223 e. The Labute approximate surface area is 92.6 Å². The minimum atomic E-state index is 1.23. The van der Waals surface area contributed by atoms with E-state index in [2.05, 4.69) is 30.2 Å². The van der Waals surface area contributed by atoms with Crippen molar-refractivity contribution in [1.29, 1.82) is 0 Å².